The van der Waals surface area contributed by atoms with Gasteiger partial charge in [-0.1, -0.05) is 30.3 Å². The van der Waals surface area contributed by atoms with Crippen molar-refractivity contribution in [2.45, 2.75) is 36.5 Å². The fraction of sp³-hybridized carbons (Fsp3) is 0.351. The molecule has 2 N–H and O–H groups in total. The van der Waals surface area contributed by atoms with Crippen molar-refractivity contribution >= 4 is 45.7 Å². The number of aromatic nitrogens is 6. The first-order valence-corrected chi connectivity index (χ1v) is 18.0. The minimum absolute atomic E-state index is 0.102. The van der Waals surface area contributed by atoms with E-state index in [0.29, 0.717) is 49.0 Å². The van der Waals surface area contributed by atoms with Crippen LogP contribution in [-0.4, -0.2) is 101 Å². The quantitative estimate of drug-likeness (QED) is 0.207. The summed E-state index contributed by atoms with van der Waals surface area (Å²) in [4.78, 5) is 39.4. The molecule has 0 radical (unpaired) electrons. The fourth-order valence-electron chi connectivity index (χ4n) is 6.45. The number of carbonyl (C=O) groups is 2. The zero-order chi connectivity index (χ0) is 36.0. The van der Waals surface area contributed by atoms with Crippen molar-refractivity contribution in [2.75, 3.05) is 44.2 Å². The monoisotopic (exact) mass is 691 g/mol. The van der Waals surface area contributed by atoms with Gasteiger partial charge in [0, 0.05) is 67.7 Å². The van der Waals surface area contributed by atoms with E-state index in [9.17, 15) is 9.59 Å². The van der Waals surface area contributed by atoms with E-state index in [2.05, 4.69) is 30.6 Å². The maximum Gasteiger partial charge on any atom is 0.241 e. The zero-order valence-electron chi connectivity index (χ0n) is 29.9. The van der Waals surface area contributed by atoms with Crippen LogP contribution in [0.3, 0.4) is 0 Å². The van der Waals surface area contributed by atoms with E-state index in [1.807, 2.05) is 74.0 Å². The van der Waals surface area contributed by atoms with E-state index in [1.165, 1.54) is 16.7 Å². The third-order valence-corrected chi connectivity index (χ3v) is 10.8. The van der Waals surface area contributed by atoms with Gasteiger partial charge >= 0.3 is 0 Å². The topological polar surface area (TPSA) is 134 Å². The number of likely N-dealkylation sites (tertiary alicyclic amines) is 1. The molecule has 1 atom stereocenters. The second-order valence-electron chi connectivity index (χ2n) is 13.0. The second kappa shape index (κ2) is 13.4. The lowest BCUT2D eigenvalue weighted by molar-refractivity contribution is -0.132. The summed E-state index contributed by atoms with van der Waals surface area (Å²) in [7, 11) is 1.83. The van der Waals surface area contributed by atoms with Crippen LogP contribution in [0.5, 0.6) is 5.88 Å². The Bertz CT molecular complexity index is 2160. The molecule has 0 bridgehead atoms. The molecular weight excluding hydrogens is 651 g/mol. The molecule has 3 aliphatic rings. The molecule has 8 rings (SSSR count). The minimum Gasteiger partial charge on any atom is -0.474 e. The molecule has 0 unspecified atom stereocenters. The first-order chi connectivity index (χ1) is 25.1. The Hall–Kier alpha value is -5.01. The number of amides is 2. The van der Waals surface area contributed by atoms with Crippen LogP contribution in [0.1, 0.15) is 34.0 Å². The lowest BCUT2D eigenvalue weighted by Crippen LogP contribution is -2.45. The number of aryl methyl sites for hydroxylation is 1. The van der Waals surface area contributed by atoms with Gasteiger partial charge in [-0.05, 0) is 67.3 Å². The van der Waals surface area contributed by atoms with Crippen LogP contribution in [0, 0.1) is 0 Å². The lowest BCUT2D eigenvalue weighted by atomic mass is 9.98. The average Bonchev–Trinajstić information content (AvgIpc) is 3.50. The Morgan fingerprint density at radius 1 is 1.08 bits per heavy atom. The predicted molar refractivity (Wildman–Crippen MR) is 195 cm³/mol. The molecule has 5 heterocycles. The van der Waals surface area contributed by atoms with Crippen molar-refractivity contribution in [1.29, 1.82) is 0 Å². The molecule has 13 heteroatoms. The summed E-state index contributed by atoms with van der Waals surface area (Å²) in [5.74, 6) is 0.442. The Morgan fingerprint density at radius 3 is 2.60 bits per heavy atom. The van der Waals surface area contributed by atoms with Crippen LogP contribution < -0.4 is 10.1 Å². The molecular formula is C37H39N9O3S. The number of nitrogens with zero attached hydrogens (tertiary/aromatic N) is 7. The third-order valence-electron chi connectivity index (χ3n) is 9.54. The molecule has 1 saturated carbocycles. The standard InChI is InChI=1S/C37H39N9O3S/c1-44-23-39-35(43-44)26-5-3-24(4-6-26)25-13-16-46(17-14-25)33(47)21-45-18-15-37(22-45,50-2)36(48)40-28-8-11-31-30(19-28)34(42-41-31)27-7-12-32(38-20-27)49-29-9-10-29/h3-8,11-13,19-20,23,29H,9-10,14-18,21-22H2,1-2H3,(H,40,48)(H,41,42)/t37-/m0/s1/i21D2. The number of rotatable bonds is 10. The molecule has 256 valence electrons. The Kier molecular flexibility index (Phi) is 7.98. The molecule has 5 aromatic rings. The number of H-pyrrole nitrogens is 1. The van der Waals surface area contributed by atoms with Gasteiger partial charge in [0.1, 0.15) is 22.9 Å². The molecule has 2 fully saturated rings. The number of pyridine rings is 1. The first-order valence-electron chi connectivity index (χ1n) is 17.8. The smallest absolute Gasteiger partial charge is 0.241 e. The van der Waals surface area contributed by atoms with Crippen LogP contribution in [-0.2, 0) is 16.6 Å². The number of ether oxygens (including phenoxy) is 1. The van der Waals surface area contributed by atoms with E-state index in [1.54, 1.807) is 22.1 Å². The molecule has 3 aromatic heterocycles. The van der Waals surface area contributed by atoms with Crippen molar-refractivity contribution < 1.29 is 17.1 Å². The van der Waals surface area contributed by atoms with Gasteiger partial charge in [-0.15, -0.1) is 11.8 Å². The summed E-state index contributed by atoms with van der Waals surface area (Å²) in [6, 6.07) is 17.4. The molecule has 50 heavy (non-hydrogen) atoms. The Morgan fingerprint density at radius 2 is 1.90 bits per heavy atom. The van der Waals surface area contributed by atoms with Crippen molar-refractivity contribution in [3.8, 4) is 28.5 Å². The second-order valence-corrected chi connectivity index (χ2v) is 14.2. The average molecular weight is 692 g/mol. The van der Waals surface area contributed by atoms with Gasteiger partial charge in [-0.25, -0.2) is 9.97 Å². The van der Waals surface area contributed by atoms with Crippen molar-refractivity contribution in [1.82, 2.24) is 39.7 Å². The lowest BCUT2D eigenvalue weighted by Gasteiger charge is -2.29. The molecule has 12 nitrogen and oxygen atoms in total. The van der Waals surface area contributed by atoms with Gasteiger partial charge in [0.2, 0.25) is 17.7 Å². The summed E-state index contributed by atoms with van der Waals surface area (Å²) < 4.78 is 24.4. The van der Waals surface area contributed by atoms with Gasteiger partial charge in [-0.2, -0.15) is 10.2 Å². The van der Waals surface area contributed by atoms with Crippen LogP contribution in [0.15, 0.2) is 73.2 Å². The van der Waals surface area contributed by atoms with Gasteiger partial charge in [0.25, 0.3) is 0 Å². The molecule has 1 aliphatic carbocycles. The normalized spacial score (nSPS) is 20.4. The number of hydrogen-bond acceptors (Lipinski definition) is 9. The van der Waals surface area contributed by atoms with E-state index < -0.39 is 17.2 Å². The highest BCUT2D eigenvalue weighted by Crippen LogP contribution is 2.36. The molecule has 2 aromatic carbocycles. The SMILES string of the molecule is [2H]C([2H])(C(=O)N1CC=C(c2ccc(-c3ncn(C)n3)cc2)CC1)N1CC[C@@](SC)(C(=O)Nc2ccc3[nH]nc(-c4ccc(OC5CC5)nc4)c3c2)C1. The minimum atomic E-state index is -2.27. The fourth-order valence-corrected chi connectivity index (χ4v) is 7.27. The highest BCUT2D eigenvalue weighted by Gasteiger charge is 2.44. The molecule has 2 amide bonds. The van der Waals surface area contributed by atoms with E-state index >= 15 is 0 Å². The number of benzene rings is 2. The van der Waals surface area contributed by atoms with Gasteiger partial charge in [0.15, 0.2) is 5.82 Å². The number of fused-ring (bicyclic) bond motifs is 1. The third kappa shape index (κ3) is 6.62. The number of thioether (sulfide) groups is 1. The molecule has 0 spiro atoms. The maximum atomic E-state index is 13.9. The Labute approximate surface area is 297 Å². The zero-order valence-corrected chi connectivity index (χ0v) is 28.7. The summed E-state index contributed by atoms with van der Waals surface area (Å²) in [6.45, 7) is -1.17. The molecule has 2 aliphatic heterocycles. The van der Waals surface area contributed by atoms with E-state index in [0.717, 1.165) is 46.0 Å². The maximum absolute atomic E-state index is 13.9. The van der Waals surface area contributed by atoms with Crippen LogP contribution >= 0.6 is 11.8 Å². The number of hydrogen-bond donors (Lipinski definition) is 2. The van der Waals surface area contributed by atoms with Crippen LogP contribution in [0.2, 0.25) is 0 Å². The summed E-state index contributed by atoms with van der Waals surface area (Å²) in [5.41, 5.74) is 6.05. The number of aromatic amines is 1. The Balaban J connectivity index is 0.913. The van der Waals surface area contributed by atoms with Crippen molar-refractivity contribution in [3.05, 3.63) is 78.8 Å². The largest absolute Gasteiger partial charge is 0.474 e. The number of nitrogens with one attached hydrogen (secondary N) is 2. The number of anilines is 1. The first kappa shape index (κ1) is 29.9. The summed E-state index contributed by atoms with van der Waals surface area (Å²) >= 11 is 1.39. The number of carbonyl (C=O) groups excluding carboxylic acids is 2. The highest BCUT2D eigenvalue weighted by molar-refractivity contribution is 8.00. The van der Waals surface area contributed by atoms with Crippen molar-refractivity contribution in [2.24, 2.45) is 7.05 Å². The van der Waals surface area contributed by atoms with E-state index in [4.69, 9.17) is 7.48 Å². The van der Waals surface area contributed by atoms with E-state index in [-0.39, 0.29) is 25.1 Å². The highest BCUT2D eigenvalue weighted by atomic mass is 32.2. The van der Waals surface area contributed by atoms with Crippen LogP contribution in [0.25, 0.3) is 39.1 Å². The summed E-state index contributed by atoms with van der Waals surface area (Å²) in [5, 5.41) is 15.8. The van der Waals surface area contributed by atoms with Gasteiger partial charge in [-0.3, -0.25) is 24.3 Å². The predicted octanol–water partition coefficient (Wildman–Crippen LogP) is 5.02. The molecule has 1 saturated heterocycles. The van der Waals surface area contributed by atoms with Gasteiger partial charge < -0.3 is 15.0 Å². The van der Waals surface area contributed by atoms with Gasteiger partial charge in [0.05, 0.1) is 14.8 Å². The van der Waals surface area contributed by atoms with Crippen LogP contribution in [0.4, 0.5) is 5.69 Å². The summed E-state index contributed by atoms with van der Waals surface area (Å²) in [6.07, 6.45) is 10.7. The van der Waals surface area contributed by atoms with Crippen molar-refractivity contribution in [3.63, 3.8) is 0 Å².